The number of rotatable bonds is 4. The number of carbonyl (C=O) groups is 2. The summed E-state index contributed by atoms with van der Waals surface area (Å²) < 4.78 is 5.22. The molecule has 0 radical (unpaired) electrons. The summed E-state index contributed by atoms with van der Waals surface area (Å²) in [5, 5.41) is 10.9. The fourth-order valence-corrected chi connectivity index (χ4v) is 3.90. The lowest BCUT2D eigenvalue weighted by Gasteiger charge is -2.40. The third-order valence-electron chi connectivity index (χ3n) is 5.00. The molecule has 0 bridgehead atoms. The van der Waals surface area contributed by atoms with Gasteiger partial charge in [-0.25, -0.2) is 0 Å². The quantitative estimate of drug-likeness (QED) is 0.469. The molecule has 0 N–H and O–H groups in total. The molecule has 1 heterocycles. The van der Waals surface area contributed by atoms with Gasteiger partial charge in [0.1, 0.15) is 5.92 Å². The van der Waals surface area contributed by atoms with Gasteiger partial charge in [0.05, 0.1) is 23.5 Å². The van der Waals surface area contributed by atoms with Gasteiger partial charge in [0.2, 0.25) is 0 Å². The van der Waals surface area contributed by atoms with Gasteiger partial charge < -0.3 is 4.74 Å². The van der Waals surface area contributed by atoms with E-state index in [1.165, 1.54) is 18.2 Å². The van der Waals surface area contributed by atoms with E-state index in [0.717, 1.165) is 0 Å². The Balaban J connectivity index is 2.09. The van der Waals surface area contributed by atoms with Crippen molar-refractivity contribution in [3.05, 3.63) is 52.1 Å². The smallest absolute Gasteiger partial charge is 0.315 e. The highest BCUT2D eigenvalue weighted by atomic mass is 16.6. The van der Waals surface area contributed by atoms with Crippen LogP contribution in [0.3, 0.4) is 0 Å². The topological polar surface area (TPSA) is 98.9 Å². The first-order valence-electron chi connectivity index (χ1n) is 8.59. The van der Waals surface area contributed by atoms with Crippen molar-refractivity contribution in [1.82, 2.24) is 0 Å². The number of esters is 1. The maximum Gasteiger partial charge on any atom is 0.315 e. The van der Waals surface area contributed by atoms with E-state index in [-0.39, 0.29) is 24.1 Å². The van der Waals surface area contributed by atoms with Crippen LogP contribution in [-0.2, 0) is 14.3 Å². The number of benzene rings is 1. The van der Waals surface area contributed by atoms with Crippen LogP contribution < -0.4 is 0 Å². The van der Waals surface area contributed by atoms with Crippen LogP contribution in [0.2, 0.25) is 0 Å². The molecule has 1 aromatic carbocycles. The Hall–Kier alpha value is -2.83. The van der Waals surface area contributed by atoms with Crippen molar-refractivity contribution in [2.75, 3.05) is 6.61 Å². The first kappa shape index (κ1) is 18.0. The molecule has 0 saturated carbocycles. The van der Waals surface area contributed by atoms with E-state index < -0.39 is 28.6 Å². The van der Waals surface area contributed by atoms with Crippen molar-refractivity contribution >= 4 is 23.2 Å². The summed E-state index contributed by atoms with van der Waals surface area (Å²) in [6.45, 7) is 3.74. The predicted octanol–water partition coefficient (Wildman–Crippen LogP) is 2.85. The minimum Gasteiger partial charge on any atom is -0.465 e. The molecule has 0 aromatic heterocycles. The van der Waals surface area contributed by atoms with Gasteiger partial charge in [-0.3, -0.25) is 24.7 Å². The van der Waals surface area contributed by atoms with Crippen LogP contribution in [0.5, 0.6) is 0 Å². The zero-order valence-electron chi connectivity index (χ0n) is 14.6. The number of allylic oxidation sites excluding steroid dienone is 1. The number of non-ortho nitro benzene ring substituents is 1. The molecule has 1 aliphatic carbocycles. The van der Waals surface area contributed by atoms with Crippen molar-refractivity contribution in [1.29, 1.82) is 0 Å². The number of nitrogens with zero attached hydrogens (tertiary/aromatic N) is 2. The van der Waals surface area contributed by atoms with E-state index in [2.05, 4.69) is 4.99 Å². The van der Waals surface area contributed by atoms with E-state index in [9.17, 15) is 19.7 Å². The van der Waals surface area contributed by atoms with Crippen LogP contribution in [0.4, 0.5) is 5.69 Å². The van der Waals surface area contributed by atoms with Gasteiger partial charge >= 0.3 is 5.97 Å². The third kappa shape index (κ3) is 3.16. The number of carbonyl (C=O) groups excluding carboxylic acids is 2. The molecular weight excluding hydrogens is 336 g/mol. The minimum atomic E-state index is -0.673. The molecule has 0 unspecified atom stereocenters. The highest BCUT2D eigenvalue weighted by molar-refractivity contribution is 6.05. The van der Waals surface area contributed by atoms with Crippen molar-refractivity contribution in [2.24, 2.45) is 16.8 Å². The molecular formula is C19H20N2O5. The van der Waals surface area contributed by atoms with Crippen LogP contribution in [0.1, 0.15) is 31.7 Å². The maximum absolute atomic E-state index is 12.6. The second-order valence-electron chi connectivity index (χ2n) is 6.51. The minimum absolute atomic E-state index is 0.0333. The van der Waals surface area contributed by atoms with Crippen LogP contribution in [0.15, 0.2) is 41.4 Å². The normalized spacial score (nSPS) is 27.5. The van der Waals surface area contributed by atoms with Gasteiger partial charge in [0.25, 0.3) is 5.69 Å². The molecule has 7 nitrogen and oxygen atoms in total. The van der Waals surface area contributed by atoms with Gasteiger partial charge in [0.15, 0.2) is 5.78 Å². The maximum atomic E-state index is 12.6. The molecule has 4 atom stereocenters. The molecule has 0 fully saturated rings. The largest absolute Gasteiger partial charge is 0.465 e. The first-order chi connectivity index (χ1) is 12.4. The molecule has 26 heavy (non-hydrogen) atoms. The van der Waals surface area contributed by atoms with Gasteiger partial charge in [-0.15, -0.1) is 0 Å². The summed E-state index contributed by atoms with van der Waals surface area (Å²) in [4.78, 5) is 40.3. The standard InChI is InChI=1S/C19H20N2O5/c1-3-26-19(23)16-11(2)20-14-5-4-6-15(22)18(14)17(16)12-7-9-13(10-8-12)21(24)25/h4,6-10,14,16-18H,3,5H2,1-2H3/t14-,16-,17-,18+/m1/s1. The highest BCUT2D eigenvalue weighted by Gasteiger charge is 2.48. The van der Waals surface area contributed by atoms with E-state index in [1.807, 2.05) is 0 Å². The number of nitro groups is 1. The second kappa shape index (κ2) is 7.19. The molecule has 3 rings (SSSR count). The summed E-state index contributed by atoms with van der Waals surface area (Å²) in [6.07, 6.45) is 3.97. The number of fused-ring (bicyclic) bond motifs is 1. The van der Waals surface area contributed by atoms with Crippen molar-refractivity contribution in [3.63, 3.8) is 0 Å². The number of hydrogen-bond acceptors (Lipinski definition) is 6. The molecule has 0 amide bonds. The monoisotopic (exact) mass is 356 g/mol. The van der Waals surface area contributed by atoms with Crippen LogP contribution in [0.25, 0.3) is 0 Å². The van der Waals surface area contributed by atoms with Crippen LogP contribution in [0, 0.1) is 22.0 Å². The molecule has 0 spiro atoms. The van der Waals surface area contributed by atoms with Gasteiger partial charge in [-0.05, 0) is 31.9 Å². The average Bonchev–Trinajstić information content (AvgIpc) is 2.61. The first-order valence-corrected chi connectivity index (χ1v) is 8.59. The molecule has 136 valence electrons. The molecule has 0 saturated heterocycles. The summed E-state index contributed by atoms with van der Waals surface area (Å²) in [7, 11) is 0. The molecule has 1 aromatic rings. The van der Waals surface area contributed by atoms with Crippen molar-refractivity contribution in [3.8, 4) is 0 Å². The lowest BCUT2D eigenvalue weighted by Crippen LogP contribution is -2.46. The van der Waals surface area contributed by atoms with E-state index in [0.29, 0.717) is 17.7 Å². The van der Waals surface area contributed by atoms with Gasteiger partial charge in [-0.1, -0.05) is 18.2 Å². The zero-order chi connectivity index (χ0) is 18.8. The van der Waals surface area contributed by atoms with Crippen molar-refractivity contribution < 1.29 is 19.2 Å². The lowest BCUT2D eigenvalue weighted by atomic mass is 9.66. The lowest BCUT2D eigenvalue weighted by molar-refractivity contribution is -0.384. The van der Waals surface area contributed by atoms with Gasteiger partial charge in [-0.2, -0.15) is 0 Å². The van der Waals surface area contributed by atoms with Crippen LogP contribution >= 0.6 is 0 Å². The Bertz CT molecular complexity index is 797. The van der Waals surface area contributed by atoms with Crippen molar-refractivity contribution in [2.45, 2.75) is 32.2 Å². The third-order valence-corrected chi connectivity index (χ3v) is 5.00. The zero-order valence-corrected chi connectivity index (χ0v) is 14.6. The summed E-state index contributed by atoms with van der Waals surface area (Å²) in [5.74, 6) is -2.09. The number of ketones is 1. The fourth-order valence-electron chi connectivity index (χ4n) is 3.90. The van der Waals surface area contributed by atoms with E-state index in [4.69, 9.17) is 4.74 Å². The molecule has 1 aliphatic heterocycles. The summed E-state index contributed by atoms with van der Waals surface area (Å²) >= 11 is 0. The molecule has 7 heteroatoms. The molecule has 2 aliphatic rings. The Morgan fingerprint density at radius 3 is 2.62 bits per heavy atom. The van der Waals surface area contributed by atoms with E-state index in [1.54, 1.807) is 32.1 Å². The average molecular weight is 356 g/mol. The Labute approximate surface area is 150 Å². The highest BCUT2D eigenvalue weighted by Crippen LogP contribution is 2.43. The van der Waals surface area contributed by atoms with Crippen LogP contribution in [-0.4, -0.2) is 35.0 Å². The Morgan fingerprint density at radius 2 is 2.00 bits per heavy atom. The summed E-state index contributed by atoms with van der Waals surface area (Å²) in [6, 6.07) is 5.82. The fraction of sp³-hybridized carbons (Fsp3) is 0.421. The predicted molar refractivity (Wildman–Crippen MR) is 95.1 cm³/mol. The van der Waals surface area contributed by atoms with E-state index >= 15 is 0 Å². The number of nitro benzene ring substituents is 1. The number of aliphatic imine (C=N–C) groups is 1. The number of ether oxygens (including phenoxy) is 1. The Morgan fingerprint density at radius 1 is 1.31 bits per heavy atom. The Kier molecular flexibility index (Phi) is 4.97. The summed E-state index contributed by atoms with van der Waals surface area (Å²) in [5.41, 5.74) is 1.31. The second-order valence-corrected chi connectivity index (χ2v) is 6.51. The van der Waals surface area contributed by atoms with Gasteiger partial charge in [0, 0.05) is 23.8 Å². The SMILES string of the molecule is CCOC(=O)[C@@H]1C(C)=N[C@@H]2CC=CC(=O)[C@H]2[C@@H]1c1ccc([N+](=O)[O-])cc1. The number of hydrogen-bond donors (Lipinski definition) is 0.